The minimum absolute atomic E-state index is 0.0535. The SMILES string of the molecule is O=C(Cn1ccc2ccccc21)N1CC[C@H](Oc2ccncc2)C1. The van der Waals surface area contributed by atoms with Crippen molar-refractivity contribution in [1.82, 2.24) is 14.5 Å². The van der Waals surface area contributed by atoms with Crippen LogP contribution < -0.4 is 4.74 Å². The van der Waals surface area contributed by atoms with Gasteiger partial charge in [0.1, 0.15) is 18.4 Å². The summed E-state index contributed by atoms with van der Waals surface area (Å²) in [4.78, 5) is 18.5. The molecule has 0 bridgehead atoms. The smallest absolute Gasteiger partial charge is 0.242 e. The molecule has 24 heavy (non-hydrogen) atoms. The van der Waals surface area contributed by atoms with Gasteiger partial charge in [0.25, 0.3) is 0 Å². The molecule has 1 amide bonds. The molecule has 4 rings (SSSR count). The van der Waals surface area contributed by atoms with Crippen molar-refractivity contribution in [3.05, 3.63) is 61.1 Å². The first-order valence-corrected chi connectivity index (χ1v) is 8.18. The molecule has 0 radical (unpaired) electrons. The number of likely N-dealkylation sites (tertiary alicyclic amines) is 1. The van der Waals surface area contributed by atoms with E-state index in [1.165, 1.54) is 0 Å². The summed E-state index contributed by atoms with van der Waals surface area (Å²) < 4.78 is 7.93. The fraction of sp³-hybridized carbons (Fsp3) is 0.263. The zero-order valence-electron chi connectivity index (χ0n) is 13.3. The van der Waals surface area contributed by atoms with Crippen LogP contribution >= 0.6 is 0 Å². The number of rotatable bonds is 4. The number of aromatic nitrogens is 2. The molecule has 3 heterocycles. The Labute approximate surface area is 140 Å². The van der Waals surface area contributed by atoms with Crippen LogP contribution in [0.4, 0.5) is 0 Å². The van der Waals surface area contributed by atoms with Crippen LogP contribution in [0.25, 0.3) is 10.9 Å². The van der Waals surface area contributed by atoms with Crippen LogP contribution in [0.2, 0.25) is 0 Å². The lowest BCUT2D eigenvalue weighted by Crippen LogP contribution is -2.33. The van der Waals surface area contributed by atoms with E-state index in [-0.39, 0.29) is 12.0 Å². The van der Waals surface area contributed by atoms with Gasteiger partial charge in [0.05, 0.1) is 6.54 Å². The molecule has 5 heteroatoms. The number of amides is 1. The number of ether oxygens (including phenoxy) is 1. The second kappa shape index (κ2) is 6.35. The molecule has 0 saturated carbocycles. The zero-order valence-corrected chi connectivity index (χ0v) is 13.3. The minimum atomic E-state index is 0.0535. The summed E-state index contributed by atoms with van der Waals surface area (Å²) in [5.74, 6) is 0.942. The number of pyridine rings is 1. The van der Waals surface area contributed by atoms with E-state index in [1.807, 2.05) is 52.1 Å². The summed E-state index contributed by atoms with van der Waals surface area (Å²) in [6, 6.07) is 13.8. The Morgan fingerprint density at radius 1 is 1.17 bits per heavy atom. The Kier molecular flexibility index (Phi) is 3.91. The van der Waals surface area contributed by atoms with Crippen LogP contribution in [0.5, 0.6) is 5.75 Å². The molecule has 0 N–H and O–H groups in total. The fourth-order valence-corrected chi connectivity index (χ4v) is 3.18. The quantitative estimate of drug-likeness (QED) is 0.742. The van der Waals surface area contributed by atoms with E-state index in [0.29, 0.717) is 13.1 Å². The molecule has 122 valence electrons. The molecule has 1 atom stereocenters. The number of fused-ring (bicyclic) bond motifs is 1. The number of hydrogen-bond acceptors (Lipinski definition) is 3. The molecule has 1 fully saturated rings. The van der Waals surface area contributed by atoms with Crippen LogP contribution in [0, 0.1) is 0 Å². The molecule has 1 aliphatic rings. The number of hydrogen-bond donors (Lipinski definition) is 0. The van der Waals surface area contributed by atoms with Crippen molar-refractivity contribution >= 4 is 16.8 Å². The lowest BCUT2D eigenvalue weighted by atomic mass is 10.2. The van der Waals surface area contributed by atoms with E-state index >= 15 is 0 Å². The number of nitrogens with zero attached hydrogens (tertiary/aromatic N) is 3. The summed E-state index contributed by atoms with van der Waals surface area (Å²) in [6.07, 6.45) is 6.32. The van der Waals surface area contributed by atoms with E-state index in [1.54, 1.807) is 12.4 Å². The number of carbonyl (C=O) groups is 1. The molecular weight excluding hydrogens is 302 g/mol. The van der Waals surface area contributed by atoms with Gasteiger partial charge in [-0.1, -0.05) is 18.2 Å². The Hall–Kier alpha value is -2.82. The fourth-order valence-electron chi connectivity index (χ4n) is 3.18. The van der Waals surface area contributed by atoms with Crippen molar-refractivity contribution in [3.63, 3.8) is 0 Å². The van der Waals surface area contributed by atoms with Gasteiger partial charge in [0.15, 0.2) is 0 Å². The van der Waals surface area contributed by atoms with Gasteiger partial charge in [-0.15, -0.1) is 0 Å². The largest absolute Gasteiger partial charge is 0.488 e. The van der Waals surface area contributed by atoms with Gasteiger partial charge in [-0.05, 0) is 29.7 Å². The first kappa shape index (κ1) is 14.8. The number of para-hydroxylation sites is 1. The maximum absolute atomic E-state index is 12.6. The predicted octanol–water partition coefficient (Wildman–Crippen LogP) is 2.72. The topological polar surface area (TPSA) is 47.4 Å². The lowest BCUT2D eigenvalue weighted by Gasteiger charge is -2.18. The third-order valence-corrected chi connectivity index (χ3v) is 4.44. The van der Waals surface area contributed by atoms with Crippen LogP contribution in [0.15, 0.2) is 61.1 Å². The van der Waals surface area contributed by atoms with Gasteiger partial charge in [-0.3, -0.25) is 9.78 Å². The molecule has 2 aromatic heterocycles. The second-order valence-electron chi connectivity index (χ2n) is 6.05. The van der Waals surface area contributed by atoms with Crippen molar-refractivity contribution in [2.75, 3.05) is 13.1 Å². The van der Waals surface area contributed by atoms with Crippen LogP contribution in [-0.4, -0.2) is 39.6 Å². The van der Waals surface area contributed by atoms with Crippen LogP contribution in [0.1, 0.15) is 6.42 Å². The van der Waals surface area contributed by atoms with Gasteiger partial charge >= 0.3 is 0 Å². The van der Waals surface area contributed by atoms with Gasteiger partial charge < -0.3 is 14.2 Å². The Morgan fingerprint density at radius 3 is 2.88 bits per heavy atom. The van der Waals surface area contributed by atoms with Crippen LogP contribution in [0.3, 0.4) is 0 Å². The Bertz CT molecular complexity index is 844. The van der Waals surface area contributed by atoms with E-state index in [0.717, 1.165) is 29.6 Å². The van der Waals surface area contributed by atoms with Crippen molar-refractivity contribution in [1.29, 1.82) is 0 Å². The molecule has 1 aliphatic heterocycles. The highest BCUT2D eigenvalue weighted by Crippen LogP contribution is 2.19. The van der Waals surface area contributed by atoms with Crippen molar-refractivity contribution < 1.29 is 9.53 Å². The normalized spacial score (nSPS) is 17.3. The first-order chi connectivity index (χ1) is 11.8. The molecule has 1 saturated heterocycles. The summed E-state index contributed by atoms with van der Waals surface area (Å²) in [7, 11) is 0. The Morgan fingerprint density at radius 2 is 2.00 bits per heavy atom. The van der Waals surface area contributed by atoms with Crippen molar-refractivity contribution in [2.45, 2.75) is 19.1 Å². The number of carbonyl (C=O) groups excluding carboxylic acids is 1. The molecule has 0 unspecified atom stereocenters. The van der Waals surface area contributed by atoms with Gasteiger partial charge in [-0.25, -0.2) is 0 Å². The predicted molar refractivity (Wildman–Crippen MR) is 91.8 cm³/mol. The average Bonchev–Trinajstić information content (AvgIpc) is 3.24. The standard InChI is InChI=1S/C19H19N3O2/c23-19(14-21-11-7-15-3-1-2-4-18(15)21)22-12-8-17(13-22)24-16-5-9-20-10-6-16/h1-7,9-11,17H,8,12-14H2/t17-/m0/s1. The highest BCUT2D eigenvalue weighted by Gasteiger charge is 2.27. The molecule has 1 aromatic carbocycles. The monoisotopic (exact) mass is 321 g/mol. The van der Waals surface area contributed by atoms with Gasteiger partial charge in [0, 0.05) is 37.1 Å². The zero-order chi connectivity index (χ0) is 16.4. The van der Waals surface area contributed by atoms with Gasteiger partial charge in [-0.2, -0.15) is 0 Å². The summed E-state index contributed by atoms with van der Waals surface area (Å²) in [5.41, 5.74) is 1.09. The van der Waals surface area contributed by atoms with Gasteiger partial charge in [0.2, 0.25) is 5.91 Å². The first-order valence-electron chi connectivity index (χ1n) is 8.18. The molecular formula is C19H19N3O2. The minimum Gasteiger partial charge on any atom is -0.488 e. The third-order valence-electron chi connectivity index (χ3n) is 4.44. The van der Waals surface area contributed by atoms with E-state index in [2.05, 4.69) is 11.1 Å². The summed E-state index contributed by atoms with van der Waals surface area (Å²) >= 11 is 0. The highest BCUT2D eigenvalue weighted by molar-refractivity contribution is 5.83. The maximum atomic E-state index is 12.6. The molecule has 5 nitrogen and oxygen atoms in total. The van der Waals surface area contributed by atoms with Crippen molar-refractivity contribution in [2.24, 2.45) is 0 Å². The average molecular weight is 321 g/mol. The second-order valence-corrected chi connectivity index (χ2v) is 6.05. The summed E-state index contributed by atoms with van der Waals surface area (Å²) in [5, 5.41) is 1.16. The molecule has 0 spiro atoms. The maximum Gasteiger partial charge on any atom is 0.242 e. The van der Waals surface area contributed by atoms with E-state index in [4.69, 9.17) is 4.74 Å². The lowest BCUT2D eigenvalue weighted by molar-refractivity contribution is -0.131. The highest BCUT2D eigenvalue weighted by atomic mass is 16.5. The van der Waals surface area contributed by atoms with E-state index in [9.17, 15) is 4.79 Å². The summed E-state index contributed by atoms with van der Waals surface area (Å²) in [6.45, 7) is 1.75. The van der Waals surface area contributed by atoms with Crippen LogP contribution in [-0.2, 0) is 11.3 Å². The van der Waals surface area contributed by atoms with E-state index < -0.39 is 0 Å². The number of benzene rings is 1. The van der Waals surface area contributed by atoms with Crippen molar-refractivity contribution in [3.8, 4) is 5.75 Å². The third kappa shape index (κ3) is 2.97. The Balaban J connectivity index is 1.39. The molecule has 0 aliphatic carbocycles. The molecule has 3 aromatic rings.